The molecular weight excluding hydrogens is 302 g/mol. The summed E-state index contributed by atoms with van der Waals surface area (Å²) in [7, 11) is 0. The van der Waals surface area contributed by atoms with Crippen molar-refractivity contribution in [3.63, 3.8) is 0 Å². The molecule has 6 heteroatoms. The van der Waals surface area contributed by atoms with Crippen LogP contribution in [0.15, 0.2) is 30.5 Å². The Labute approximate surface area is 134 Å². The van der Waals surface area contributed by atoms with Gasteiger partial charge in [-0.15, -0.1) is 0 Å². The summed E-state index contributed by atoms with van der Waals surface area (Å²) >= 11 is 5.98. The lowest BCUT2D eigenvalue weighted by Crippen LogP contribution is -2.39. The van der Waals surface area contributed by atoms with Crippen molar-refractivity contribution in [2.24, 2.45) is 5.41 Å². The standard InChI is InChI=1S/C16H20ClN3O2/c1-16(2,3)13(21)9-18-15(22)12-8-19-20-14(12)10-5-4-6-11(17)7-10/h4-8,13,21H,9H2,1-3H3,(H,18,22)(H,19,20). The fourth-order valence-electron chi connectivity index (χ4n) is 1.91. The summed E-state index contributed by atoms with van der Waals surface area (Å²) in [4.78, 5) is 12.3. The topological polar surface area (TPSA) is 78.0 Å². The minimum atomic E-state index is -0.627. The van der Waals surface area contributed by atoms with Crippen LogP contribution in [-0.2, 0) is 0 Å². The van der Waals surface area contributed by atoms with Crippen molar-refractivity contribution in [2.75, 3.05) is 6.54 Å². The van der Waals surface area contributed by atoms with Gasteiger partial charge in [-0.3, -0.25) is 9.89 Å². The van der Waals surface area contributed by atoms with Crippen LogP contribution in [0.1, 0.15) is 31.1 Å². The van der Waals surface area contributed by atoms with Gasteiger partial charge in [-0.2, -0.15) is 5.10 Å². The number of aromatic nitrogens is 2. The van der Waals surface area contributed by atoms with Crippen molar-refractivity contribution in [3.05, 3.63) is 41.0 Å². The van der Waals surface area contributed by atoms with Gasteiger partial charge in [-0.1, -0.05) is 44.5 Å². The van der Waals surface area contributed by atoms with Gasteiger partial charge in [0.25, 0.3) is 5.91 Å². The Kier molecular flexibility index (Phi) is 4.88. The smallest absolute Gasteiger partial charge is 0.255 e. The minimum Gasteiger partial charge on any atom is -0.391 e. The second kappa shape index (κ2) is 6.50. The van der Waals surface area contributed by atoms with Crippen LogP contribution in [0.4, 0.5) is 0 Å². The lowest BCUT2D eigenvalue weighted by Gasteiger charge is -2.25. The highest BCUT2D eigenvalue weighted by molar-refractivity contribution is 6.30. The molecule has 118 valence electrons. The molecule has 22 heavy (non-hydrogen) atoms. The van der Waals surface area contributed by atoms with Gasteiger partial charge in [-0.05, 0) is 17.5 Å². The van der Waals surface area contributed by atoms with Gasteiger partial charge in [0, 0.05) is 17.1 Å². The summed E-state index contributed by atoms with van der Waals surface area (Å²) in [6.45, 7) is 5.93. The van der Waals surface area contributed by atoms with Gasteiger partial charge in [0.2, 0.25) is 0 Å². The number of nitrogens with zero attached hydrogens (tertiary/aromatic N) is 1. The Hall–Kier alpha value is -1.85. The third-order valence-electron chi connectivity index (χ3n) is 3.45. The molecule has 3 N–H and O–H groups in total. The molecule has 2 rings (SSSR count). The molecule has 0 bridgehead atoms. The average Bonchev–Trinajstić information content (AvgIpc) is 2.92. The maximum absolute atomic E-state index is 12.3. The summed E-state index contributed by atoms with van der Waals surface area (Å²) in [6, 6.07) is 7.18. The zero-order chi connectivity index (χ0) is 16.3. The van der Waals surface area contributed by atoms with Gasteiger partial charge in [0.05, 0.1) is 23.6 Å². The quantitative estimate of drug-likeness (QED) is 0.810. The van der Waals surface area contributed by atoms with Crippen LogP contribution in [0, 0.1) is 5.41 Å². The number of halogens is 1. The molecule has 5 nitrogen and oxygen atoms in total. The van der Waals surface area contributed by atoms with E-state index in [0.717, 1.165) is 5.56 Å². The molecule has 0 spiro atoms. The van der Waals surface area contributed by atoms with Gasteiger partial charge < -0.3 is 10.4 Å². The summed E-state index contributed by atoms with van der Waals surface area (Å²) in [5.74, 6) is -0.285. The Morgan fingerprint density at radius 3 is 2.82 bits per heavy atom. The second-order valence-electron chi connectivity index (χ2n) is 6.26. The third-order valence-corrected chi connectivity index (χ3v) is 3.69. The van der Waals surface area contributed by atoms with Crippen LogP contribution < -0.4 is 5.32 Å². The van der Waals surface area contributed by atoms with E-state index in [1.807, 2.05) is 32.9 Å². The van der Waals surface area contributed by atoms with E-state index in [1.165, 1.54) is 6.20 Å². The summed E-state index contributed by atoms with van der Waals surface area (Å²) in [5.41, 5.74) is 1.51. The van der Waals surface area contributed by atoms with Gasteiger partial charge in [-0.25, -0.2) is 0 Å². The van der Waals surface area contributed by atoms with E-state index in [9.17, 15) is 9.90 Å². The Morgan fingerprint density at radius 2 is 2.18 bits per heavy atom. The monoisotopic (exact) mass is 321 g/mol. The minimum absolute atomic E-state index is 0.183. The Balaban J connectivity index is 2.14. The number of carbonyl (C=O) groups is 1. The molecule has 0 aliphatic carbocycles. The van der Waals surface area contributed by atoms with Crippen LogP contribution in [0.5, 0.6) is 0 Å². The number of carbonyl (C=O) groups excluding carboxylic acids is 1. The number of aliphatic hydroxyl groups is 1. The zero-order valence-corrected chi connectivity index (χ0v) is 13.6. The molecule has 1 unspecified atom stereocenters. The van der Waals surface area contributed by atoms with Gasteiger partial charge in [0.1, 0.15) is 0 Å². The first-order chi connectivity index (χ1) is 10.3. The summed E-state index contributed by atoms with van der Waals surface area (Å²) < 4.78 is 0. The number of nitrogens with one attached hydrogen (secondary N) is 2. The van der Waals surface area contributed by atoms with E-state index < -0.39 is 6.10 Å². The molecule has 1 amide bonds. The molecule has 0 saturated heterocycles. The van der Waals surface area contributed by atoms with Crippen LogP contribution in [0.3, 0.4) is 0 Å². The number of hydrogen-bond donors (Lipinski definition) is 3. The van der Waals surface area contributed by atoms with Crippen molar-refractivity contribution in [1.82, 2.24) is 15.5 Å². The Morgan fingerprint density at radius 1 is 1.45 bits per heavy atom. The van der Waals surface area contributed by atoms with Gasteiger partial charge in [0.15, 0.2) is 0 Å². The predicted molar refractivity (Wildman–Crippen MR) is 86.8 cm³/mol. The number of aromatic amines is 1. The van der Waals surface area contributed by atoms with Crippen molar-refractivity contribution < 1.29 is 9.90 Å². The maximum Gasteiger partial charge on any atom is 0.255 e. The maximum atomic E-state index is 12.3. The second-order valence-corrected chi connectivity index (χ2v) is 6.70. The van der Waals surface area contributed by atoms with Crippen LogP contribution in [0.25, 0.3) is 11.3 Å². The first kappa shape index (κ1) is 16.5. The van der Waals surface area contributed by atoms with E-state index >= 15 is 0 Å². The highest BCUT2D eigenvalue weighted by Gasteiger charge is 2.23. The molecule has 0 fully saturated rings. The van der Waals surface area contributed by atoms with E-state index in [2.05, 4.69) is 15.5 Å². The first-order valence-electron chi connectivity index (χ1n) is 7.04. The van der Waals surface area contributed by atoms with Crippen LogP contribution in [-0.4, -0.2) is 33.9 Å². The molecule has 0 saturated carbocycles. The summed E-state index contributed by atoms with van der Waals surface area (Å²) in [5, 5.41) is 20.1. The molecule has 0 aliphatic heterocycles. The van der Waals surface area contributed by atoms with Crippen molar-refractivity contribution in [3.8, 4) is 11.3 Å². The normalized spacial score (nSPS) is 13.0. The highest BCUT2D eigenvalue weighted by atomic mass is 35.5. The first-order valence-corrected chi connectivity index (χ1v) is 7.42. The fourth-order valence-corrected chi connectivity index (χ4v) is 2.10. The largest absolute Gasteiger partial charge is 0.391 e. The zero-order valence-electron chi connectivity index (χ0n) is 12.9. The lowest BCUT2D eigenvalue weighted by molar-refractivity contribution is 0.0587. The van der Waals surface area contributed by atoms with E-state index in [0.29, 0.717) is 16.3 Å². The molecule has 1 aromatic heterocycles. The predicted octanol–water partition coefficient (Wildman–Crippen LogP) is 2.87. The van der Waals surface area contributed by atoms with Crippen LogP contribution >= 0.6 is 11.6 Å². The summed E-state index contributed by atoms with van der Waals surface area (Å²) in [6.07, 6.45) is 0.840. The molecule has 1 atom stereocenters. The van der Waals surface area contributed by atoms with Crippen molar-refractivity contribution in [1.29, 1.82) is 0 Å². The third kappa shape index (κ3) is 3.87. The molecule has 1 aromatic carbocycles. The van der Waals surface area contributed by atoms with Gasteiger partial charge >= 0.3 is 0 Å². The number of H-pyrrole nitrogens is 1. The molecule has 0 radical (unpaired) electrons. The fraction of sp³-hybridized carbons (Fsp3) is 0.375. The average molecular weight is 322 g/mol. The lowest BCUT2D eigenvalue weighted by atomic mass is 9.89. The van der Waals surface area contributed by atoms with Crippen molar-refractivity contribution >= 4 is 17.5 Å². The number of rotatable bonds is 4. The molecule has 1 heterocycles. The number of aliphatic hydroxyl groups excluding tert-OH is 1. The highest BCUT2D eigenvalue weighted by Crippen LogP contribution is 2.24. The molecule has 2 aromatic rings. The number of amides is 1. The number of hydrogen-bond acceptors (Lipinski definition) is 3. The SMILES string of the molecule is CC(C)(C)C(O)CNC(=O)c1cn[nH]c1-c1cccc(Cl)c1. The van der Waals surface area contributed by atoms with E-state index in [4.69, 9.17) is 11.6 Å². The van der Waals surface area contributed by atoms with E-state index in [1.54, 1.807) is 12.1 Å². The molecular formula is C16H20ClN3O2. The number of benzene rings is 1. The van der Waals surface area contributed by atoms with E-state index in [-0.39, 0.29) is 17.9 Å². The Bertz CT molecular complexity index is 661. The van der Waals surface area contributed by atoms with Crippen LogP contribution in [0.2, 0.25) is 5.02 Å². The molecule has 0 aliphatic rings. The van der Waals surface area contributed by atoms with Crippen molar-refractivity contribution in [2.45, 2.75) is 26.9 Å².